The van der Waals surface area contributed by atoms with Gasteiger partial charge in [0.15, 0.2) is 5.82 Å². The van der Waals surface area contributed by atoms with E-state index in [2.05, 4.69) is 22.3 Å². The van der Waals surface area contributed by atoms with E-state index in [-0.39, 0.29) is 18.5 Å². The third-order valence-corrected chi connectivity index (χ3v) is 5.31. The number of halogens is 1. The fraction of sp³-hybridized carbons (Fsp3) is 0.400. The van der Waals surface area contributed by atoms with Gasteiger partial charge < -0.3 is 5.32 Å². The second kappa shape index (κ2) is 8.24. The Bertz CT molecular complexity index is 970. The van der Waals surface area contributed by atoms with Gasteiger partial charge in [-0.05, 0) is 25.0 Å². The number of hydrogen-bond donors (Lipinski definition) is 1. The number of unbranched alkanes of at least 4 members (excludes halogenated alkanes) is 1. The number of anilines is 1. The predicted octanol–water partition coefficient (Wildman–Crippen LogP) is 2.83. The van der Waals surface area contributed by atoms with Gasteiger partial charge in [-0.25, -0.2) is 9.48 Å². The molecule has 0 unspecified atom stereocenters. The lowest BCUT2D eigenvalue weighted by atomic mass is 10.1. The van der Waals surface area contributed by atoms with E-state index in [9.17, 15) is 9.59 Å². The molecule has 29 heavy (non-hydrogen) atoms. The van der Waals surface area contributed by atoms with Crippen LogP contribution >= 0.6 is 11.6 Å². The average Bonchev–Trinajstić information content (AvgIpc) is 3.16. The Morgan fingerprint density at radius 3 is 2.93 bits per heavy atom. The SMILES string of the molecule is CCCCNC(=O)CN1C(=O)N2CCCN=C2c2cnn(-c3ccccc3Cl)c21. The second-order valence-electron chi connectivity index (χ2n) is 7.03. The van der Waals surface area contributed by atoms with Crippen molar-refractivity contribution in [3.63, 3.8) is 0 Å². The maximum atomic E-state index is 13.3. The van der Waals surface area contributed by atoms with Gasteiger partial charge in [-0.1, -0.05) is 37.1 Å². The molecule has 9 heteroatoms. The summed E-state index contributed by atoms with van der Waals surface area (Å²) < 4.78 is 1.61. The van der Waals surface area contributed by atoms with Crippen molar-refractivity contribution in [1.82, 2.24) is 20.0 Å². The molecule has 0 saturated heterocycles. The van der Waals surface area contributed by atoms with Crippen LogP contribution in [-0.2, 0) is 4.79 Å². The molecule has 3 heterocycles. The van der Waals surface area contributed by atoms with Crippen LogP contribution in [0.4, 0.5) is 10.6 Å². The molecule has 8 nitrogen and oxygen atoms in total. The Hall–Kier alpha value is -2.87. The first-order chi connectivity index (χ1) is 14.1. The normalized spacial score (nSPS) is 15.7. The van der Waals surface area contributed by atoms with Crippen molar-refractivity contribution >= 4 is 35.2 Å². The monoisotopic (exact) mass is 414 g/mol. The van der Waals surface area contributed by atoms with Gasteiger partial charge in [0.25, 0.3) is 0 Å². The molecule has 2 aliphatic rings. The van der Waals surface area contributed by atoms with E-state index in [0.29, 0.717) is 42.0 Å². The molecule has 2 aliphatic heterocycles. The minimum absolute atomic E-state index is 0.0878. The summed E-state index contributed by atoms with van der Waals surface area (Å²) in [6.07, 6.45) is 4.36. The number of hydrogen-bond acceptors (Lipinski definition) is 4. The Morgan fingerprint density at radius 1 is 1.31 bits per heavy atom. The van der Waals surface area contributed by atoms with Crippen molar-refractivity contribution < 1.29 is 9.59 Å². The van der Waals surface area contributed by atoms with Gasteiger partial charge in [-0.3, -0.25) is 19.6 Å². The van der Waals surface area contributed by atoms with Crippen LogP contribution in [0, 0.1) is 0 Å². The first-order valence-electron chi connectivity index (χ1n) is 9.85. The van der Waals surface area contributed by atoms with Crippen LogP contribution in [-0.4, -0.2) is 58.6 Å². The van der Waals surface area contributed by atoms with E-state index in [0.717, 1.165) is 24.8 Å². The number of amides is 3. The lowest BCUT2D eigenvalue weighted by molar-refractivity contribution is -0.119. The maximum Gasteiger partial charge on any atom is 0.331 e. The van der Waals surface area contributed by atoms with Gasteiger partial charge >= 0.3 is 6.03 Å². The van der Waals surface area contributed by atoms with Crippen LogP contribution in [0.1, 0.15) is 31.7 Å². The minimum Gasteiger partial charge on any atom is -0.355 e. The molecule has 1 N–H and O–H groups in total. The van der Waals surface area contributed by atoms with E-state index in [1.807, 2.05) is 18.2 Å². The van der Waals surface area contributed by atoms with Gasteiger partial charge in [-0.15, -0.1) is 0 Å². The summed E-state index contributed by atoms with van der Waals surface area (Å²) in [7, 11) is 0. The van der Waals surface area contributed by atoms with Crippen LogP contribution in [0.2, 0.25) is 5.02 Å². The number of benzene rings is 1. The Balaban J connectivity index is 1.76. The van der Waals surface area contributed by atoms with E-state index in [1.54, 1.807) is 21.8 Å². The first kappa shape index (κ1) is 19.4. The molecule has 2 aromatic rings. The van der Waals surface area contributed by atoms with E-state index in [1.165, 1.54) is 4.90 Å². The molecule has 0 bridgehead atoms. The molecule has 0 radical (unpaired) electrons. The molecule has 152 valence electrons. The van der Waals surface area contributed by atoms with Crippen molar-refractivity contribution in [2.45, 2.75) is 26.2 Å². The number of amidine groups is 1. The standard InChI is InChI=1S/C20H23ClN6O2/c1-2-3-9-22-17(28)13-26-19-14(18-23-10-6-11-25(18)20(26)29)12-24-27(19)16-8-5-4-7-15(16)21/h4-5,7-8,12H,2-3,6,9-11,13H2,1H3,(H,22,28). The summed E-state index contributed by atoms with van der Waals surface area (Å²) in [5, 5.41) is 7.87. The Kier molecular flexibility index (Phi) is 5.53. The van der Waals surface area contributed by atoms with Crippen LogP contribution in [0.5, 0.6) is 0 Å². The molecule has 1 aromatic heterocycles. The molecule has 0 aliphatic carbocycles. The van der Waals surface area contributed by atoms with Crippen molar-refractivity contribution in [2.75, 3.05) is 31.1 Å². The molecular formula is C20H23ClN6O2. The van der Waals surface area contributed by atoms with Crippen molar-refractivity contribution in [3.05, 3.63) is 41.0 Å². The molecule has 1 aromatic carbocycles. The average molecular weight is 415 g/mol. The number of aliphatic imine (C=N–C) groups is 1. The minimum atomic E-state index is -0.268. The van der Waals surface area contributed by atoms with Gasteiger partial charge in [-0.2, -0.15) is 5.10 Å². The quantitative estimate of drug-likeness (QED) is 0.738. The van der Waals surface area contributed by atoms with Crippen LogP contribution in [0.3, 0.4) is 0 Å². The van der Waals surface area contributed by atoms with Crippen molar-refractivity contribution in [3.8, 4) is 5.69 Å². The lowest BCUT2D eigenvalue weighted by Crippen LogP contribution is -2.55. The van der Waals surface area contributed by atoms with E-state index >= 15 is 0 Å². The summed E-state index contributed by atoms with van der Waals surface area (Å²) in [6.45, 7) is 3.79. The molecule has 0 saturated carbocycles. The maximum absolute atomic E-state index is 13.3. The van der Waals surface area contributed by atoms with Gasteiger partial charge in [0.2, 0.25) is 5.91 Å². The molecule has 3 amide bonds. The fourth-order valence-corrected chi connectivity index (χ4v) is 3.78. The summed E-state index contributed by atoms with van der Waals surface area (Å²) >= 11 is 6.39. The van der Waals surface area contributed by atoms with Crippen LogP contribution in [0.25, 0.3) is 5.69 Å². The third kappa shape index (κ3) is 3.60. The lowest BCUT2D eigenvalue weighted by Gasteiger charge is -2.37. The number of urea groups is 1. The number of nitrogens with one attached hydrogen (secondary N) is 1. The highest BCUT2D eigenvalue weighted by molar-refractivity contribution is 6.32. The summed E-state index contributed by atoms with van der Waals surface area (Å²) in [4.78, 5) is 33.5. The van der Waals surface area contributed by atoms with Crippen LogP contribution in [0.15, 0.2) is 35.5 Å². The number of nitrogens with zero attached hydrogens (tertiary/aromatic N) is 5. The number of fused-ring (bicyclic) bond motifs is 3. The largest absolute Gasteiger partial charge is 0.355 e. The predicted molar refractivity (Wildman–Crippen MR) is 112 cm³/mol. The van der Waals surface area contributed by atoms with E-state index in [4.69, 9.17) is 11.6 Å². The van der Waals surface area contributed by atoms with Crippen LogP contribution < -0.4 is 10.2 Å². The summed E-state index contributed by atoms with van der Waals surface area (Å²) in [5.74, 6) is 0.921. The van der Waals surface area contributed by atoms with Crippen molar-refractivity contribution in [2.24, 2.45) is 4.99 Å². The zero-order valence-corrected chi connectivity index (χ0v) is 17.0. The molecule has 0 spiro atoms. The molecular weight excluding hydrogens is 392 g/mol. The highest BCUT2D eigenvalue weighted by atomic mass is 35.5. The number of aromatic nitrogens is 2. The summed E-state index contributed by atoms with van der Waals surface area (Å²) in [5.41, 5.74) is 1.37. The van der Waals surface area contributed by atoms with Crippen molar-refractivity contribution in [1.29, 1.82) is 0 Å². The second-order valence-corrected chi connectivity index (χ2v) is 7.44. The molecule has 0 atom stereocenters. The highest BCUT2D eigenvalue weighted by Crippen LogP contribution is 2.34. The highest BCUT2D eigenvalue weighted by Gasteiger charge is 2.40. The Labute approximate surface area is 174 Å². The third-order valence-electron chi connectivity index (χ3n) is 4.99. The zero-order chi connectivity index (χ0) is 20.4. The van der Waals surface area contributed by atoms with Gasteiger partial charge in [0.1, 0.15) is 12.4 Å². The fourth-order valence-electron chi connectivity index (χ4n) is 3.56. The number of carbonyl (C=O) groups excluding carboxylic acids is 2. The number of carbonyl (C=O) groups is 2. The smallest absolute Gasteiger partial charge is 0.331 e. The molecule has 0 fully saturated rings. The van der Waals surface area contributed by atoms with E-state index < -0.39 is 0 Å². The first-order valence-corrected chi connectivity index (χ1v) is 10.2. The molecule has 4 rings (SSSR count). The van der Waals surface area contributed by atoms with Gasteiger partial charge in [0, 0.05) is 19.6 Å². The summed E-state index contributed by atoms with van der Waals surface area (Å²) in [6, 6.07) is 7.01. The van der Waals surface area contributed by atoms with Gasteiger partial charge in [0.05, 0.1) is 22.5 Å². The Morgan fingerprint density at radius 2 is 2.14 bits per heavy atom. The topological polar surface area (TPSA) is 82.8 Å². The number of rotatable bonds is 6. The number of para-hydroxylation sites is 1. The zero-order valence-electron chi connectivity index (χ0n) is 16.3.